The number of fused-ring (bicyclic) bond motifs is 5. The van der Waals surface area contributed by atoms with E-state index in [0.29, 0.717) is 0 Å². The number of anilines is 6. The Bertz CT molecular complexity index is 5810. The first kappa shape index (κ1) is 65.1. The van der Waals surface area contributed by atoms with Gasteiger partial charge in [-0.2, -0.15) is 0 Å². The molecule has 19 rings (SSSR count). The fraction of sp³-hybridized carbons (Fsp3) is 0.157. The van der Waals surface area contributed by atoms with Gasteiger partial charge in [-0.05, 0) is 198 Å². The zero-order valence-corrected chi connectivity index (χ0v) is 62.8. The van der Waals surface area contributed by atoms with E-state index < -0.39 is 0 Å². The number of hydrogen-bond acceptors (Lipinski definition) is 2. The summed E-state index contributed by atoms with van der Waals surface area (Å²) in [5, 5.41) is 10.3. The van der Waals surface area contributed by atoms with Crippen LogP contribution in [0.5, 0.6) is 0 Å². The van der Waals surface area contributed by atoms with Gasteiger partial charge in [0.25, 0.3) is 6.71 Å². The van der Waals surface area contributed by atoms with Crippen LogP contribution in [-0.2, 0) is 21.7 Å². The number of rotatable bonds is 9. The maximum Gasteiger partial charge on any atom is 0.252 e. The van der Waals surface area contributed by atoms with Crippen molar-refractivity contribution in [3.05, 3.63) is 326 Å². The number of hydrogen-bond donors (Lipinski definition) is 0. The van der Waals surface area contributed by atoms with E-state index in [1.165, 1.54) is 137 Å². The molecule has 3 heterocycles. The third-order valence-corrected chi connectivity index (χ3v) is 23.3. The Hall–Kier alpha value is -11.7. The fourth-order valence-electron chi connectivity index (χ4n) is 17.7. The zero-order chi connectivity index (χ0) is 72.4. The highest BCUT2D eigenvalue weighted by Crippen LogP contribution is 2.57. The van der Waals surface area contributed by atoms with Gasteiger partial charge in [0.05, 0.1) is 28.1 Å². The Balaban J connectivity index is 1.03. The largest absolute Gasteiger partial charge is 0.310 e. The maximum absolute atomic E-state index is 2.74. The van der Waals surface area contributed by atoms with Crippen molar-refractivity contribution < 1.29 is 0 Å². The average Bonchev–Trinajstić information content (AvgIpc) is 1.25. The lowest BCUT2D eigenvalue weighted by molar-refractivity contribution is 0.590. The Kier molecular flexibility index (Phi) is 14.7. The highest BCUT2D eigenvalue weighted by molar-refractivity contribution is 7.00. The predicted octanol–water partition coefficient (Wildman–Crippen LogP) is 26.4. The molecule has 0 N–H and O–H groups in total. The molecule has 0 spiro atoms. The van der Waals surface area contributed by atoms with Gasteiger partial charge in [0.15, 0.2) is 0 Å². The Morgan fingerprint density at radius 3 is 0.906 bits per heavy atom. The van der Waals surface area contributed by atoms with E-state index in [-0.39, 0.29) is 28.4 Å². The summed E-state index contributed by atoms with van der Waals surface area (Å²) in [7, 11) is 0. The molecule has 2 aliphatic heterocycles. The van der Waals surface area contributed by atoms with Crippen LogP contribution in [-0.4, -0.2) is 11.3 Å². The van der Waals surface area contributed by atoms with Crippen LogP contribution in [0.15, 0.2) is 303 Å². The molecule has 4 heteroatoms. The van der Waals surface area contributed by atoms with Crippen LogP contribution < -0.4 is 26.2 Å². The molecule has 2 aliphatic rings. The molecule has 0 saturated carbocycles. The van der Waals surface area contributed by atoms with E-state index in [2.05, 4.69) is 401 Å². The SMILES string of the molecule is CC(C)(C)c1ccc(-c2ccc3c(c2)B2c4cc(-c5ccc(C(C)(C)C)cc5)ccc4N(c4c(-c5ccccc5)cc(C(C)(C)C)cc4-c4ccccc4)c4cc(-n5c6ccc7cccc8c9cccc%10ccc5c(c%109)c6c78)cc(c42)N3c2c(-c3ccccc3)cc(C(C)(C)C)cc2-c2ccccc2)cc1. The number of nitrogens with zero attached hydrogens (tertiary/aromatic N) is 3. The first-order chi connectivity index (χ1) is 51.1. The van der Waals surface area contributed by atoms with Gasteiger partial charge in [0.2, 0.25) is 0 Å². The standard InChI is InChI=1S/C102H86BN3/c1-99(2,3)73-47-39-63(40-48-73)71-45-51-86-84(55-71)103-85-56-72(64-41-49-74(50-42-64)100(4,5)6)46-52-87(85)106(98-82(67-31-21-15-22-32-67)59-76(102(10,11)12)60-83(98)68-33-23-16-24-34-68)91-62-77(104-88-53-43-69-35-25-37-78-79-38-26-36-70-44-54-89(104)95(93(70)79)94(88)92(69)78)61-90(96(91)103)105(86)97-80(65-27-17-13-18-28-65)57-75(101(7,8)9)58-81(97)66-29-19-14-20-30-66/h13-62H,1-12H3. The lowest BCUT2D eigenvalue weighted by Gasteiger charge is -2.46. The molecule has 16 aromatic carbocycles. The molecule has 1 aromatic heterocycles. The lowest BCUT2D eigenvalue weighted by Crippen LogP contribution is -2.61. The van der Waals surface area contributed by atoms with E-state index in [9.17, 15) is 0 Å². The summed E-state index contributed by atoms with van der Waals surface area (Å²) in [6.45, 7) is 27.8. The number of benzene rings is 16. The first-order valence-electron chi connectivity index (χ1n) is 37.9. The second kappa shape index (κ2) is 23.9. The topological polar surface area (TPSA) is 11.4 Å². The Morgan fingerprint density at radius 2 is 0.575 bits per heavy atom. The predicted molar refractivity (Wildman–Crippen MR) is 457 cm³/mol. The summed E-state index contributed by atoms with van der Waals surface area (Å²) >= 11 is 0. The van der Waals surface area contributed by atoms with Gasteiger partial charge in [0.1, 0.15) is 0 Å². The van der Waals surface area contributed by atoms with E-state index in [1.807, 2.05) is 0 Å². The lowest BCUT2D eigenvalue weighted by atomic mass is 9.33. The molecule has 0 radical (unpaired) electrons. The molecule has 512 valence electrons. The van der Waals surface area contributed by atoms with Crippen molar-refractivity contribution in [2.45, 2.75) is 105 Å². The van der Waals surface area contributed by atoms with Crippen molar-refractivity contribution in [1.29, 1.82) is 0 Å². The van der Waals surface area contributed by atoms with Gasteiger partial charge in [-0.1, -0.05) is 326 Å². The summed E-state index contributed by atoms with van der Waals surface area (Å²) in [5.41, 5.74) is 32.8. The van der Waals surface area contributed by atoms with Crippen molar-refractivity contribution >= 4 is 111 Å². The molecular formula is C102H86BN3. The summed E-state index contributed by atoms with van der Waals surface area (Å²) < 4.78 is 2.64. The summed E-state index contributed by atoms with van der Waals surface area (Å²) in [6, 6.07) is 117. The number of aromatic nitrogens is 1. The second-order valence-electron chi connectivity index (χ2n) is 34.1. The summed E-state index contributed by atoms with van der Waals surface area (Å²) in [6.07, 6.45) is 0. The van der Waals surface area contributed by atoms with Crippen LogP contribution in [0, 0.1) is 0 Å². The highest BCUT2D eigenvalue weighted by Gasteiger charge is 2.47. The van der Waals surface area contributed by atoms with Gasteiger partial charge in [-0.3, -0.25) is 0 Å². The molecular weight excluding hydrogens is 1280 g/mol. The van der Waals surface area contributed by atoms with E-state index in [4.69, 9.17) is 0 Å². The van der Waals surface area contributed by atoms with Crippen LogP contribution in [0.25, 0.3) is 127 Å². The smallest absolute Gasteiger partial charge is 0.252 e. The Morgan fingerprint density at radius 1 is 0.245 bits per heavy atom. The third kappa shape index (κ3) is 10.4. The summed E-state index contributed by atoms with van der Waals surface area (Å²) in [5.74, 6) is 0. The minimum absolute atomic E-state index is 0.0115. The normalized spacial score (nSPS) is 13.2. The molecule has 3 nitrogen and oxygen atoms in total. The van der Waals surface area contributed by atoms with Crippen LogP contribution in [0.2, 0.25) is 0 Å². The van der Waals surface area contributed by atoms with Crippen molar-refractivity contribution in [3.8, 4) is 72.4 Å². The Labute approximate surface area is 624 Å². The zero-order valence-electron chi connectivity index (χ0n) is 62.8. The maximum atomic E-state index is 2.74. The first-order valence-corrected chi connectivity index (χ1v) is 37.9. The molecule has 0 fully saturated rings. The van der Waals surface area contributed by atoms with Gasteiger partial charge < -0.3 is 14.4 Å². The van der Waals surface area contributed by atoms with Crippen molar-refractivity contribution in [2.24, 2.45) is 0 Å². The molecule has 0 aliphatic carbocycles. The van der Waals surface area contributed by atoms with Crippen LogP contribution >= 0.6 is 0 Å². The highest BCUT2D eigenvalue weighted by atomic mass is 15.2. The van der Waals surface area contributed by atoms with E-state index in [1.54, 1.807) is 0 Å². The minimum Gasteiger partial charge on any atom is -0.310 e. The van der Waals surface area contributed by atoms with Crippen molar-refractivity contribution in [1.82, 2.24) is 4.57 Å². The fourth-order valence-corrected chi connectivity index (χ4v) is 17.7. The quantitative estimate of drug-likeness (QED) is 0.0811. The van der Waals surface area contributed by atoms with Crippen molar-refractivity contribution in [2.75, 3.05) is 9.80 Å². The monoisotopic (exact) mass is 1360 g/mol. The second-order valence-corrected chi connectivity index (χ2v) is 34.1. The molecule has 0 amide bonds. The molecule has 0 saturated heterocycles. The third-order valence-electron chi connectivity index (χ3n) is 23.3. The van der Waals surface area contributed by atoms with Crippen LogP contribution in [0.1, 0.15) is 105 Å². The van der Waals surface area contributed by atoms with Crippen molar-refractivity contribution in [3.63, 3.8) is 0 Å². The summed E-state index contributed by atoms with van der Waals surface area (Å²) in [4.78, 5) is 5.48. The van der Waals surface area contributed by atoms with Gasteiger partial charge in [0, 0.05) is 55.8 Å². The molecule has 0 atom stereocenters. The van der Waals surface area contributed by atoms with Crippen LogP contribution in [0.3, 0.4) is 0 Å². The van der Waals surface area contributed by atoms with Gasteiger partial charge in [-0.25, -0.2) is 0 Å². The van der Waals surface area contributed by atoms with Crippen LogP contribution in [0.4, 0.5) is 34.1 Å². The van der Waals surface area contributed by atoms with E-state index in [0.717, 1.165) is 62.1 Å². The van der Waals surface area contributed by atoms with Gasteiger partial charge in [-0.15, -0.1) is 0 Å². The molecule has 0 unspecified atom stereocenters. The molecule has 0 bridgehead atoms. The molecule has 106 heavy (non-hydrogen) atoms. The minimum atomic E-state index is -0.277. The van der Waals surface area contributed by atoms with E-state index >= 15 is 0 Å². The van der Waals surface area contributed by atoms with Gasteiger partial charge >= 0.3 is 0 Å². The molecule has 17 aromatic rings. The average molecular weight is 1360 g/mol.